The molecule has 2 aromatic rings. The molecule has 1 aliphatic heterocycles. The van der Waals surface area contributed by atoms with Crippen LogP contribution >= 0.6 is 0 Å². The highest BCUT2D eigenvalue weighted by Crippen LogP contribution is 2.18. The summed E-state index contributed by atoms with van der Waals surface area (Å²) in [5, 5.41) is 9.34. The summed E-state index contributed by atoms with van der Waals surface area (Å²) in [6.07, 6.45) is 1.47. The van der Waals surface area contributed by atoms with Gasteiger partial charge in [-0.3, -0.25) is 9.59 Å². The van der Waals surface area contributed by atoms with Crippen molar-refractivity contribution in [2.24, 2.45) is 0 Å². The van der Waals surface area contributed by atoms with Crippen molar-refractivity contribution in [3.05, 3.63) is 54.1 Å². The molecule has 1 N–H and O–H groups in total. The maximum Gasteiger partial charge on any atom is 0.263 e. The van der Waals surface area contributed by atoms with E-state index in [0.29, 0.717) is 37.7 Å². The van der Waals surface area contributed by atoms with E-state index in [9.17, 15) is 14.7 Å². The Hall–Kier alpha value is -3.22. The third-order valence-corrected chi connectivity index (χ3v) is 5.27. The Morgan fingerprint density at radius 3 is 2.13 bits per heavy atom. The molecule has 1 fully saturated rings. The lowest BCUT2D eigenvalue weighted by Crippen LogP contribution is -2.54. The fraction of sp³-hybridized carbons (Fsp3) is 0.417. The average molecular weight is 427 g/mol. The topological polar surface area (TPSA) is 79.3 Å². The first kappa shape index (κ1) is 22.5. The Labute approximate surface area is 183 Å². The average Bonchev–Trinajstić information content (AvgIpc) is 2.79. The number of ether oxygens (including phenoxy) is 2. The van der Waals surface area contributed by atoms with Gasteiger partial charge in [0.25, 0.3) is 11.8 Å². The number of phenols is 1. The van der Waals surface area contributed by atoms with E-state index in [1.165, 1.54) is 17.7 Å². The summed E-state index contributed by atoms with van der Waals surface area (Å²) in [4.78, 5) is 28.6. The molecule has 0 saturated carbocycles. The molecule has 1 unspecified atom stereocenters. The van der Waals surface area contributed by atoms with E-state index in [2.05, 4.69) is 6.92 Å². The molecule has 0 aromatic heterocycles. The standard InChI is InChI=1S/C24H30N2O5/c1-3-4-19-5-9-21(10-6-19)30-17-23(28)25-13-15-26(16-14-25)24(29)18(2)31-22-11-7-20(27)8-12-22/h5-12,18,27H,3-4,13-17H2,1-2H3. The van der Waals surface area contributed by atoms with E-state index in [1.54, 1.807) is 28.9 Å². The number of benzene rings is 2. The van der Waals surface area contributed by atoms with Crippen LogP contribution in [0.3, 0.4) is 0 Å². The van der Waals surface area contributed by atoms with Crippen LogP contribution in [-0.4, -0.2) is 65.6 Å². The van der Waals surface area contributed by atoms with Crippen molar-refractivity contribution in [2.45, 2.75) is 32.8 Å². The molecule has 1 atom stereocenters. The monoisotopic (exact) mass is 426 g/mol. The lowest BCUT2D eigenvalue weighted by Gasteiger charge is -2.35. The maximum atomic E-state index is 12.7. The van der Waals surface area contributed by atoms with Crippen molar-refractivity contribution >= 4 is 11.8 Å². The molecular formula is C24H30N2O5. The van der Waals surface area contributed by atoms with Crippen molar-refractivity contribution in [3.63, 3.8) is 0 Å². The number of hydrogen-bond acceptors (Lipinski definition) is 5. The van der Waals surface area contributed by atoms with Crippen molar-refractivity contribution in [3.8, 4) is 17.2 Å². The highest BCUT2D eigenvalue weighted by molar-refractivity contribution is 5.82. The molecular weight excluding hydrogens is 396 g/mol. The molecule has 1 aliphatic rings. The minimum Gasteiger partial charge on any atom is -0.508 e. The summed E-state index contributed by atoms with van der Waals surface area (Å²) in [6, 6.07) is 14.1. The third-order valence-electron chi connectivity index (χ3n) is 5.27. The molecule has 7 nitrogen and oxygen atoms in total. The molecule has 2 amide bonds. The number of phenolic OH excluding ortho intramolecular Hbond substituents is 1. The molecule has 0 bridgehead atoms. The van der Waals surface area contributed by atoms with E-state index in [1.807, 2.05) is 24.3 Å². The van der Waals surface area contributed by atoms with E-state index >= 15 is 0 Å². The Morgan fingerprint density at radius 1 is 0.935 bits per heavy atom. The van der Waals surface area contributed by atoms with Gasteiger partial charge in [0.15, 0.2) is 12.7 Å². The van der Waals surface area contributed by atoms with Gasteiger partial charge in [0, 0.05) is 26.2 Å². The van der Waals surface area contributed by atoms with Crippen LogP contribution in [-0.2, 0) is 16.0 Å². The first-order valence-corrected chi connectivity index (χ1v) is 10.7. The molecule has 1 saturated heterocycles. The molecule has 1 heterocycles. The van der Waals surface area contributed by atoms with Crippen LogP contribution in [0.15, 0.2) is 48.5 Å². The van der Waals surface area contributed by atoms with Gasteiger partial charge in [0.05, 0.1) is 0 Å². The molecule has 3 rings (SSSR count). The second kappa shape index (κ2) is 10.7. The Bertz CT molecular complexity index is 859. The highest BCUT2D eigenvalue weighted by atomic mass is 16.5. The van der Waals surface area contributed by atoms with Crippen LogP contribution in [0.5, 0.6) is 17.2 Å². The van der Waals surface area contributed by atoms with Crippen LogP contribution < -0.4 is 9.47 Å². The van der Waals surface area contributed by atoms with Crippen LogP contribution in [0.1, 0.15) is 25.8 Å². The highest BCUT2D eigenvalue weighted by Gasteiger charge is 2.28. The van der Waals surface area contributed by atoms with Crippen molar-refractivity contribution < 1.29 is 24.2 Å². The zero-order valence-electron chi connectivity index (χ0n) is 18.1. The van der Waals surface area contributed by atoms with E-state index < -0.39 is 6.10 Å². The van der Waals surface area contributed by atoms with Gasteiger partial charge in [-0.2, -0.15) is 0 Å². The summed E-state index contributed by atoms with van der Waals surface area (Å²) in [5.41, 5.74) is 1.26. The van der Waals surface area contributed by atoms with E-state index in [4.69, 9.17) is 9.47 Å². The number of aryl methyl sites for hydroxylation is 1. The minimum atomic E-state index is -0.647. The second-order valence-electron chi connectivity index (χ2n) is 7.64. The largest absolute Gasteiger partial charge is 0.508 e. The van der Waals surface area contributed by atoms with Crippen molar-refractivity contribution in [1.29, 1.82) is 0 Å². The van der Waals surface area contributed by atoms with Crippen LogP contribution in [0.4, 0.5) is 0 Å². The Balaban J connectivity index is 1.42. The lowest BCUT2D eigenvalue weighted by atomic mass is 10.1. The summed E-state index contributed by atoms with van der Waals surface area (Å²) in [7, 11) is 0. The Morgan fingerprint density at radius 2 is 1.52 bits per heavy atom. The van der Waals surface area contributed by atoms with E-state index in [-0.39, 0.29) is 24.2 Å². The van der Waals surface area contributed by atoms with Crippen LogP contribution in [0.25, 0.3) is 0 Å². The number of piperazine rings is 1. The summed E-state index contributed by atoms with van der Waals surface area (Å²) >= 11 is 0. The van der Waals surface area contributed by atoms with Crippen molar-refractivity contribution in [2.75, 3.05) is 32.8 Å². The number of carbonyl (C=O) groups is 2. The second-order valence-corrected chi connectivity index (χ2v) is 7.64. The van der Waals surface area contributed by atoms with Crippen LogP contribution in [0.2, 0.25) is 0 Å². The summed E-state index contributed by atoms with van der Waals surface area (Å²) < 4.78 is 11.3. The zero-order valence-corrected chi connectivity index (χ0v) is 18.1. The predicted octanol–water partition coefficient (Wildman–Crippen LogP) is 2.86. The molecule has 0 aliphatic carbocycles. The number of nitrogens with zero attached hydrogens (tertiary/aromatic N) is 2. The SMILES string of the molecule is CCCc1ccc(OCC(=O)N2CCN(C(=O)C(C)Oc3ccc(O)cc3)CC2)cc1. The quantitative estimate of drug-likeness (QED) is 0.702. The minimum absolute atomic E-state index is 0.0125. The van der Waals surface area contributed by atoms with Gasteiger partial charge in [-0.25, -0.2) is 0 Å². The third kappa shape index (κ3) is 6.38. The van der Waals surface area contributed by atoms with Gasteiger partial charge in [-0.15, -0.1) is 0 Å². The van der Waals surface area contributed by atoms with Gasteiger partial charge in [-0.1, -0.05) is 25.5 Å². The number of aromatic hydroxyl groups is 1. The predicted molar refractivity (Wildman–Crippen MR) is 117 cm³/mol. The van der Waals surface area contributed by atoms with Gasteiger partial charge >= 0.3 is 0 Å². The van der Waals surface area contributed by atoms with Crippen LogP contribution in [0, 0.1) is 0 Å². The molecule has 0 spiro atoms. The fourth-order valence-corrected chi connectivity index (χ4v) is 3.49. The normalized spacial score (nSPS) is 14.8. The number of carbonyl (C=O) groups excluding carboxylic acids is 2. The molecule has 0 radical (unpaired) electrons. The number of hydrogen-bond donors (Lipinski definition) is 1. The summed E-state index contributed by atoms with van der Waals surface area (Å²) in [6.45, 7) is 5.68. The van der Waals surface area contributed by atoms with E-state index in [0.717, 1.165) is 12.8 Å². The van der Waals surface area contributed by atoms with Crippen molar-refractivity contribution in [1.82, 2.24) is 9.80 Å². The molecule has 7 heteroatoms. The smallest absolute Gasteiger partial charge is 0.263 e. The summed E-state index contributed by atoms with van der Waals surface area (Å²) in [5.74, 6) is 1.14. The fourth-order valence-electron chi connectivity index (χ4n) is 3.49. The number of amides is 2. The van der Waals surface area contributed by atoms with Gasteiger partial charge in [-0.05, 0) is 55.3 Å². The molecule has 31 heavy (non-hydrogen) atoms. The van der Waals surface area contributed by atoms with Gasteiger partial charge in [0.1, 0.15) is 17.2 Å². The van der Waals surface area contributed by atoms with Gasteiger partial charge in [0.2, 0.25) is 0 Å². The molecule has 2 aromatic carbocycles. The number of rotatable bonds is 8. The van der Waals surface area contributed by atoms with Gasteiger partial charge < -0.3 is 24.4 Å². The first-order valence-electron chi connectivity index (χ1n) is 10.7. The lowest BCUT2D eigenvalue weighted by molar-refractivity contribution is -0.144. The Kier molecular flexibility index (Phi) is 7.76. The zero-order chi connectivity index (χ0) is 22.2. The molecule has 166 valence electrons. The maximum absolute atomic E-state index is 12.7. The first-order chi connectivity index (χ1) is 15.0.